The Kier molecular flexibility index (Phi) is 6.50. The van der Waals surface area contributed by atoms with Crippen molar-refractivity contribution in [3.05, 3.63) is 0 Å². The van der Waals surface area contributed by atoms with Gasteiger partial charge in [0.05, 0.1) is 0 Å². The molecule has 0 saturated carbocycles. The van der Waals surface area contributed by atoms with Gasteiger partial charge in [0.25, 0.3) is 0 Å². The van der Waals surface area contributed by atoms with Crippen LogP contribution in [0, 0.1) is 34.1 Å². The van der Waals surface area contributed by atoms with Crippen LogP contribution in [0.1, 0.15) is 0 Å². The molecule has 0 aliphatic heterocycles. The van der Waals surface area contributed by atoms with Crippen LogP contribution in [-0.2, 0) is 0 Å². The summed E-state index contributed by atoms with van der Waals surface area (Å²) in [6.07, 6.45) is 0. The fourth-order valence-electron chi connectivity index (χ4n) is 0.974. The van der Waals surface area contributed by atoms with Gasteiger partial charge in [-0.2, -0.15) is 0 Å². The largest absolute Gasteiger partial charge is 0.393 e. The Hall–Kier alpha value is -0.604. The van der Waals surface area contributed by atoms with Crippen molar-refractivity contribution in [3.63, 3.8) is 0 Å². The lowest BCUT2D eigenvalue weighted by atomic mass is 9.53. The van der Waals surface area contributed by atoms with Crippen molar-refractivity contribution in [3.8, 4) is 34.1 Å². The van der Waals surface area contributed by atoms with Gasteiger partial charge >= 0.3 is 6.71 Å². The van der Waals surface area contributed by atoms with Crippen LogP contribution < -0.4 is 0 Å². The zero-order valence-electron chi connectivity index (χ0n) is 14.1. The van der Waals surface area contributed by atoms with Crippen molar-refractivity contribution in [2.45, 2.75) is 58.9 Å². The zero-order valence-corrected chi connectivity index (χ0v) is 17.1. The lowest BCUT2D eigenvalue weighted by Crippen LogP contribution is -2.22. The van der Waals surface area contributed by atoms with E-state index in [1.165, 1.54) is 0 Å². The molecule has 0 N–H and O–H groups in total. The second kappa shape index (κ2) is 6.71. The minimum atomic E-state index is -1.34. The molecule has 0 aromatic carbocycles. The fourth-order valence-corrected chi connectivity index (χ4v) is 2.71. The Morgan fingerprint density at radius 2 is 0.684 bits per heavy atom. The number of hydrogen-bond acceptors (Lipinski definition) is 0. The predicted molar refractivity (Wildman–Crippen MR) is 99.1 cm³/mol. The van der Waals surface area contributed by atoms with Gasteiger partial charge in [0.2, 0.25) is 0 Å². The van der Waals surface area contributed by atoms with Crippen molar-refractivity contribution in [2.24, 2.45) is 0 Å². The van der Waals surface area contributed by atoms with Gasteiger partial charge < -0.3 is 0 Å². The summed E-state index contributed by atoms with van der Waals surface area (Å²) in [4.78, 5) is 0. The minimum absolute atomic E-state index is 0.0508. The van der Waals surface area contributed by atoms with Crippen LogP contribution >= 0.6 is 0 Å². The molecule has 19 heavy (non-hydrogen) atoms. The van der Waals surface area contributed by atoms with Crippen LogP contribution in [0.4, 0.5) is 0 Å². The van der Waals surface area contributed by atoms with Crippen molar-refractivity contribution in [1.82, 2.24) is 0 Å². The average Bonchev–Trinajstić information content (AvgIpc) is 2.11. The molecule has 0 radical (unpaired) electrons. The van der Waals surface area contributed by atoms with Gasteiger partial charge in [-0.15, -0.1) is 34.1 Å². The van der Waals surface area contributed by atoms with Gasteiger partial charge in [-0.1, -0.05) is 58.9 Å². The standard InChI is InChI=1S/C15H27BSi3/c1-17(2,3)13-10-16(11-14-18(4,5)6)12-15-19(7,8)9/h1-9H3. The van der Waals surface area contributed by atoms with E-state index in [0.29, 0.717) is 0 Å². The molecule has 0 aromatic rings. The van der Waals surface area contributed by atoms with E-state index in [0.717, 1.165) is 0 Å². The minimum Gasteiger partial charge on any atom is -0.142 e. The third-order valence-corrected chi connectivity index (χ3v) is 4.46. The highest BCUT2D eigenvalue weighted by molar-refractivity contribution is 6.92. The molecule has 0 aromatic heterocycles. The van der Waals surface area contributed by atoms with Crippen molar-refractivity contribution in [1.29, 1.82) is 0 Å². The van der Waals surface area contributed by atoms with E-state index in [1.807, 2.05) is 0 Å². The van der Waals surface area contributed by atoms with E-state index in [2.05, 4.69) is 93.0 Å². The Labute approximate surface area is 124 Å². The molecule has 0 spiro atoms. The first-order valence-corrected chi connectivity index (χ1v) is 17.4. The van der Waals surface area contributed by atoms with Gasteiger partial charge in [0, 0.05) is 0 Å². The summed E-state index contributed by atoms with van der Waals surface area (Å²) in [5.41, 5.74) is 10.2. The Morgan fingerprint density at radius 1 is 0.474 bits per heavy atom. The summed E-state index contributed by atoms with van der Waals surface area (Å²) in [5, 5.41) is 0. The van der Waals surface area contributed by atoms with Crippen LogP contribution in [0.25, 0.3) is 0 Å². The highest BCUT2D eigenvalue weighted by Crippen LogP contribution is 2.00. The van der Waals surface area contributed by atoms with Gasteiger partial charge in [-0.3, -0.25) is 0 Å². The zero-order chi connectivity index (χ0) is 15.3. The second-order valence-corrected chi connectivity index (χ2v) is 22.2. The lowest BCUT2D eigenvalue weighted by Gasteiger charge is -2.06. The lowest BCUT2D eigenvalue weighted by molar-refractivity contribution is 1.81. The van der Waals surface area contributed by atoms with E-state index < -0.39 is 24.2 Å². The first-order chi connectivity index (χ1) is 8.29. The molecule has 0 aliphatic rings. The molecule has 4 heteroatoms. The first-order valence-electron chi connectivity index (χ1n) is 6.87. The summed E-state index contributed by atoms with van der Waals surface area (Å²) in [6, 6.07) is 0. The summed E-state index contributed by atoms with van der Waals surface area (Å²) < 4.78 is 0. The van der Waals surface area contributed by atoms with Crippen molar-refractivity contribution < 1.29 is 0 Å². The highest BCUT2D eigenvalue weighted by Gasteiger charge is 2.14. The van der Waals surface area contributed by atoms with Gasteiger partial charge in [-0.25, -0.2) is 0 Å². The third-order valence-electron chi connectivity index (χ3n) is 1.77. The summed E-state index contributed by atoms with van der Waals surface area (Å²) in [7, 11) is -4.03. The smallest absolute Gasteiger partial charge is 0.142 e. The maximum Gasteiger partial charge on any atom is 0.393 e. The molecule has 0 rings (SSSR count). The number of hydrogen-bond donors (Lipinski definition) is 0. The quantitative estimate of drug-likeness (QED) is 0.472. The Morgan fingerprint density at radius 3 is 0.842 bits per heavy atom. The van der Waals surface area contributed by atoms with Gasteiger partial charge in [-0.05, 0) is 0 Å². The molecule has 0 amide bonds. The fraction of sp³-hybridized carbons (Fsp3) is 0.600. The Balaban J connectivity index is 5.30. The van der Waals surface area contributed by atoms with E-state index in [-0.39, 0.29) is 6.71 Å². The molecule has 0 saturated heterocycles. The summed E-state index contributed by atoms with van der Waals surface area (Å²) >= 11 is 0. The maximum atomic E-state index is 3.41. The molecule has 0 fully saturated rings. The average molecular weight is 302 g/mol. The SMILES string of the molecule is C[Si](C)(C)C#CB(C#C[Si](C)(C)C)C#C[Si](C)(C)C. The van der Waals surface area contributed by atoms with E-state index in [1.54, 1.807) is 0 Å². The monoisotopic (exact) mass is 302 g/mol. The first kappa shape index (κ1) is 18.4. The van der Waals surface area contributed by atoms with Crippen molar-refractivity contribution in [2.75, 3.05) is 0 Å². The summed E-state index contributed by atoms with van der Waals surface area (Å²) in [6.45, 7) is 20.3. The molecule has 0 heterocycles. The number of rotatable bonds is 0. The topological polar surface area (TPSA) is 0 Å². The van der Waals surface area contributed by atoms with Crippen LogP contribution in [0.3, 0.4) is 0 Å². The van der Waals surface area contributed by atoms with Crippen LogP contribution in [0.15, 0.2) is 0 Å². The van der Waals surface area contributed by atoms with Gasteiger partial charge in [0.15, 0.2) is 0 Å². The third kappa shape index (κ3) is 13.6. The Bertz CT molecular complexity index is 406. The van der Waals surface area contributed by atoms with E-state index >= 15 is 0 Å². The molecular weight excluding hydrogens is 275 g/mol. The van der Waals surface area contributed by atoms with Crippen LogP contribution in [0.5, 0.6) is 0 Å². The van der Waals surface area contributed by atoms with Gasteiger partial charge in [0.1, 0.15) is 24.2 Å². The van der Waals surface area contributed by atoms with Crippen LogP contribution in [-0.4, -0.2) is 30.9 Å². The summed E-state index contributed by atoms with van der Waals surface area (Å²) in [5.74, 6) is 9.94. The normalized spacial score (nSPS) is 11.2. The highest BCUT2D eigenvalue weighted by atomic mass is 28.3. The maximum absolute atomic E-state index is 3.41. The van der Waals surface area contributed by atoms with Crippen molar-refractivity contribution >= 4 is 30.9 Å². The molecular formula is C15H27BSi3. The van der Waals surface area contributed by atoms with E-state index in [4.69, 9.17) is 0 Å². The molecule has 0 unspecified atom stereocenters. The molecule has 102 valence electrons. The molecule has 0 nitrogen and oxygen atoms in total. The molecule has 0 bridgehead atoms. The molecule has 0 atom stereocenters. The second-order valence-electron chi connectivity index (χ2n) is 7.99. The molecule has 0 aliphatic carbocycles. The van der Waals surface area contributed by atoms with E-state index in [9.17, 15) is 0 Å². The van der Waals surface area contributed by atoms with Crippen LogP contribution in [0.2, 0.25) is 58.9 Å². The predicted octanol–water partition coefficient (Wildman–Crippen LogP) is 3.74.